The lowest BCUT2D eigenvalue weighted by Crippen LogP contribution is -2.15. The lowest BCUT2D eigenvalue weighted by molar-refractivity contribution is 0.0694. The van der Waals surface area contributed by atoms with Crippen LogP contribution in [-0.2, 0) is 4.74 Å². The van der Waals surface area contributed by atoms with E-state index in [9.17, 15) is 4.79 Å². The largest absolute Gasteiger partial charge is 0.490 e. The number of rotatable bonds is 6. The molecule has 0 aliphatic rings. The quantitative estimate of drug-likeness (QED) is 0.827. The van der Waals surface area contributed by atoms with Crippen molar-refractivity contribution >= 4 is 5.97 Å². The van der Waals surface area contributed by atoms with Crippen LogP contribution in [0, 0.1) is 6.92 Å². The van der Waals surface area contributed by atoms with E-state index in [1.807, 2.05) is 6.92 Å². The first-order chi connectivity index (χ1) is 8.06. The van der Waals surface area contributed by atoms with Gasteiger partial charge in [-0.15, -0.1) is 0 Å². The molecule has 1 aromatic carbocycles. The van der Waals surface area contributed by atoms with Crippen molar-refractivity contribution in [3.63, 3.8) is 0 Å². The zero-order valence-corrected chi connectivity index (χ0v) is 10.4. The van der Waals surface area contributed by atoms with Gasteiger partial charge in [0.05, 0.1) is 11.7 Å². The molecule has 0 fully saturated rings. The van der Waals surface area contributed by atoms with Crippen molar-refractivity contribution < 1.29 is 19.4 Å². The van der Waals surface area contributed by atoms with E-state index < -0.39 is 5.97 Å². The number of carboxylic acids is 1. The minimum Gasteiger partial charge on any atom is -0.490 e. The third-order valence-corrected chi connectivity index (χ3v) is 2.57. The summed E-state index contributed by atoms with van der Waals surface area (Å²) in [5.74, 6) is -0.314. The molecule has 4 heteroatoms. The first-order valence-electron chi connectivity index (χ1n) is 5.54. The molecule has 0 spiro atoms. The molecule has 1 atom stereocenters. The van der Waals surface area contributed by atoms with Gasteiger partial charge < -0.3 is 14.6 Å². The van der Waals surface area contributed by atoms with Crippen LogP contribution in [0.2, 0.25) is 0 Å². The van der Waals surface area contributed by atoms with E-state index in [1.54, 1.807) is 32.2 Å². The normalized spacial score (nSPS) is 12.2. The summed E-state index contributed by atoms with van der Waals surface area (Å²) in [6, 6.07) is 5.05. The van der Waals surface area contributed by atoms with Crippen LogP contribution < -0.4 is 4.74 Å². The number of hydrogen-bond donors (Lipinski definition) is 1. The van der Waals surface area contributed by atoms with Crippen LogP contribution in [0.4, 0.5) is 0 Å². The summed E-state index contributed by atoms with van der Waals surface area (Å²) >= 11 is 0. The second kappa shape index (κ2) is 6.25. The highest BCUT2D eigenvalue weighted by Crippen LogP contribution is 2.23. The minimum atomic E-state index is -0.933. The lowest BCUT2D eigenvalue weighted by Gasteiger charge is -2.16. The Morgan fingerprint density at radius 3 is 2.76 bits per heavy atom. The Balaban J connectivity index is 2.77. The highest BCUT2D eigenvalue weighted by Gasteiger charge is 2.12. The van der Waals surface area contributed by atoms with Crippen LogP contribution in [0.15, 0.2) is 18.2 Å². The van der Waals surface area contributed by atoms with Gasteiger partial charge in [0.1, 0.15) is 5.75 Å². The van der Waals surface area contributed by atoms with Crippen LogP contribution in [-0.4, -0.2) is 30.9 Å². The van der Waals surface area contributed by atoms with Crippen molar-refractivity contribution in [1.29, 1.82) is 0 Å². The van der Waals surface area contributed by atoms with Crippen LogP contribution in [0.25, 0.3) is 0 Å². The summed E-state index contributed by atoms with van der Waals surface area (Å²) in [5.41, 5.74) is 0.936. The van der Waals surface area contributed by atoms with Gasteiger partial charge in [-0.05, 0) is 26.0 Å². The Morgan fingerprint density at radius 2 is 2.18 bits per heavy atom. The van der Waals surface area contributed by atoms with Gasteiger partial charge in [0.25, 0.3) is 0 Å². The molecule has 4 nitrogen and oxygen atoms in total. The van der Waals surface area contributed by atoms with E-state index in [0.29, 0.717) is 17.9 Å². The molecule has 1 aromatic rings. The predicted octanol–water partition coefficient (Wildman–Crippen LogP) is 2.50. The highest BCUT2D eigenvalue weighted by molar-refractivity contribution is 5.90. The van der Waals surface area contributed by atoms with Gasteiger partial charge in [0.15, 0.2) is 0 Å². The summed E-state index contributed by atoms with van der Waals surface area (Å²) < 4.78 is 10.7. The summed E-state index contributed by atoms with van der Waals surface area (Å²) in [4.78, 5) is 11.0. The standard InChI is InChI=1S/C13H18O4/c1-9(7-8-16-3)17-12-6-4-5-11(10(12)2)13(14)15/h4-6,9H,7-8H2,1-3H3,(H,14,15). The Morgan fingerprint density at radius 1 is 1.47 bits per heavy atom. The van der Waals surface area contributed by atoms with Gasteiger partial charge in [-0.1, -0.05) is 6.07 Å². The smallest absolute Gasteiger partial charge is 0.336 e. The second-order valence-corrected chi connectivity index (χ2v) is 3.94. The Bertz CT molecular complexity index is 387. The molecule has 0 aliphatic heterocycles. The first kappa shape index (κ1) is 13.5. The fourth-order valence-corrected chi connectivity index (χ4v) is 1.53. The van der Waals surface area contributed by atoms with Gasteiger partial charge in [0, 0.05) is 25.7 Å². The molecular weight excluding hydrogens is 220 g/mol. The minimum absolute atomic E-state index is 0.00213. The molecular formula is C13H18O4. The molecule has 94 valence electrons. The topological polar surface area (TPSA) is 55.8 Å². The van der Waals surface area contributed by atoms with E-state index in [2.05, 4.69) is 0 Å². The summed E-state index contributed by atoms with van der Waals surface area (Å²) in [6.45, 7) is 4.31. The van der Waals surface area contributed by atoms with Gasteiger partial charge >= 0.3 is 5.97 Å². The molecule has 0 radical (unpaired) electrons. The van der Waals surface area contributed by atoms with Gasteiger partial charge in [-0.3, -0.25) is 0 Å². The number of benzene rings is 1. The summed E-state index contributed by atoms with van der Waals surface area (Å²) in [7, 11) is 1.64. The zero-order valence-electron chi connectivity index (χ0n) is 10.4. The van der Waals surface area contributed by atoms with Crippen molar-refractivity contribution in [3.8, 4) is 5.75 Å². The lowest BCUT2D eigenvalue weighted by atomic mass is 10.1. The summed E-state index contributed by atoms with van der Waals surface area (Å²) in [6.07, 6.45) is 0.769. The monoisotopic (exact) mass is 238 g/mol. The molecule has 0 bridgehead atoms. The van der Waals surface area contributed by atoms with Crippen LogP contribution >= 0.6 is 0 Å². The van der Waals surface area contributed by atoms with Crippen molar-refractivity contribution in [1.82, 2.24) is 0 Å². The molecule has 17 heavy (non-hydrogen) atoms. The Kier molecular flexibility index (Phi) is 4.97. The van der Waals surface area contributed by atoms with Crippen molar-refractivity contribution in [2.75, 3.05) is 13.7 Å². The van der Waals surface area contributed by atoms with Gasteiger partial charge in [-0.2, -0.15) is 0 Å². The van der Waals surface area contributed by atoms with Crippen LogP contribution in [0.5, 0.6) is 5.75 Å². The Hall–Kier alpha value is -1.55. The highest BCUT2D eigenvalue weighted by atomic mass is 16.5. The summed E-state index contributed by atoms with van der Waals surface area (Å²) in [5, 5.41) is 8.99. The molecule has 0 amide bonds. The maximum atomic E-state index is 11.0. The van der Waals surface area contributed by atoms with E-state index in [4.69, 9.17) is 14.6 Å². The van der Waals surface area contributed by atoms with Gasteiger partial charge in [-0.25, -0.2) is 4.79 Å². The van der Waals surface area contributed by atoms with Crippen molar-refractivity contribution in [2.45, 2.75) is 26.4 Å². The number of carboxylic acid groups (broad SMARTS) is 1. The van der Waals surface area contributed by atoms with Crippen LogP contribution in [0.1, 0.15) is 29.3 Å². The molecule has 1 unspecified atom stereocenters. The van der Waals surface area contributed by atoms with E-state index in [-0.39, 0.29) is 11.7 Å². The maximum Gasteiger partial charge on any atom is 0.336 e. The number of carbonyl (C=O) groups is 1. The van der Waals surface area contributed by atoms with Crippen molar-refractivity contribution in [2.24, 2.45) is 0 Å². The second-order valence-electron chi connectivity index (χ2n) is 3.94. The molecule has 1 N–H and O–H groups in total. The molecule has 1 rings (SSSR count). The number of aromatic carboxylic acids is 1. The van der Waals surface area contributed by atoms with Crippen molar-refractivity contribution in [3.05, 3.63) is 29.3 Å². The fraction of sp³-hybridized carbons (Fsp3) is 0.462. The number of methoxy groups -OCH3 is 1. The average molecular weight is 238 g/mol. The number of hydrogen-bond acceptors (Lipinski definition) is 3. The molecule has 0 saturated heterocycles. The molecule has 0 saturated carbocycles. The van der Waals surface area contributed by atoms with Crippen LogP contribution in [0.3, 0.4) is 0 Å². The van der Waals surface area contributed by atoms with E-state index in [0.717, 1.165) is 6.42 Å². The molecule has 0 heterocycles. The number of ether oxygens (including phenoxy) is 2. The maximum absolute atomic E-state index is 11.0. The predicted molar refractivity (Wildman–Crippen MR) is 64.7 cm³/mol. The van der Waals surface area contributed by atoms with E-state index in [1.165, 1.54) is 0 Å². The third kappa shape index (κ3) is 3.75. The fourth-order valence-electron chi connectivity index (χ4n) is 1.53. The molecule has 0 aromatic heterocycles. The zero-order chi connectivity index (χ0) is 12.8. The third-order valence-electron chi connectivity index (χ3n) is 2.57. The molecule has 0 aliphatic carbocycles. The van der Waals surface area contributed by atoms with E-state index >= 15 is 0 Å². The van der Waals surface area contributed by atoms with Gasteiger partial charge in [0.2, 0.25) is 0 Å². The Labute approximate surface area is 101 Å². The average Bonchev–Trinajstić information content (AvgIpc) is 2.28. The SMILES string of the molecule is COCCC(C)Oc1cccc(C(=O)O)c1C. The first-order valence-corrected chi connectivity index (χ1v) is 5.54.